The van der Waals surface area contributed by atoms with Crippen LogP contribution in [0.5, 0.6) is 0 Å². The van der Waals surface area contributed by atoms with Crippen LogP contribution >= 0.6 is 0 Å². The highest BCUT2D eigenvalue weighted by Gasteiger charge is 2.17. The Bertz CT molecular complexity index is 749. The molecule has 6 nitrogen and oxygen atoms in total. The molecule has 0 unspecified atom stereocenters. The van der Waals surface area contributed by atoms with Crippen LogP contribution in [0.1, 0.15) is 30.5 Å². The van der Waals surface area contributed by atoms with Crippen LogP contribution in [-0.2, 0) is 4.79 Å². The van der Waals surface area contributed by atoms with E-state index in [2.05, 4.69) is 21.3 Å². The van der Waals surface area contributed by atoms with E-state index < -0.39 is 0 Å². The van der Waals surface area contributed by atoms with Crippen LogP contribution in [-0.4, -0.2) is 20.7 Å². The fourth-order valence-electron chi connectivity index (χ4n) is 1.96. The minimum Gasteiger partial charge on any atom is -0.310 e. The maximum absolute atomic E-state index is 12.0. The SMILES string of the molecule is C#CCCCC(=O)Nc1c(C)c(C#N)nn1-c1cccnc1. The summed E-state index contributed by atoms with van der Waals surface area (Å²) in [6.45, 7) is 1.75. The number of carbonyl (C=O) groups is 1. The van der Waals surface area contributed by atoms with E-state index in [4.69, 9.17) is 11.7 Å². The molecule has 2 aromatic rings. The van der Waals surface area contributed by atoms with E-state index in [9.17, 15) is 4.79 Å². The second kappa shape index (κ2) is 7.05. The van der Waals surface area contributed by atoms with Crippen molar-refractivity contribution in [3.8, 4) is 24.1 Å². The molecule has 0 fully saturated rings. The Morgan fingerprint density at radius 3 is 3.00 bits per heavy atom. The second-order valence-electron chi connectivity index (χ2n) is 4.66. The number of rotatable bonds is 5. The van der Waals surface area contributed by atoms with Gasteiger partial charge in [-0.3, -0.25) is 9.78 Å². The van der Waals surface area contributed by atoms with Gasteiger partial charge >= 0.3 is 0 Å². The fourth-order valence-corrected chi connectivity index (χ4v) is 1.96. The van der Waals surface area contributed by atoms with Crippen LogP contribution in [0.25, 0.3) is 5.69 Å². The third-order valence-electron chi connectivity index (χ3n) is 3.10. The van der Waals surface area contributed by atoms with Crippen LogP contribution in [0.4, 0.5) is 5.82 Å². The number of aromatic nitrogens is 3. The highest BCUT2D eigenvalue weighted by molar-refractivity contribution is 5.91. The molecular weight excluding hydrogens is 278 g/mol. The van der Waals surface area contributed by atoms with Crippen molar-refractivity contribution in [1.29, 1.82) is 5.26 Å². The number of amides is 1. The summed E-state index contributed by atoms with van der Waals surface area (Å²) in [6, 6.07) is 5.58. The molecule has 0 atom stereocenters. The summed E-state index contributed by atoms with van der Waals surface area (Å²) in [4.78, 5) is 16.0. The maximum Gasteiger partial charge on any atom is 0.225 e. The van der Waals surface area contributed by atoms with Gasteiger partial charge in [-0.05, 0) is 25.5 Å². The quantitative estimate of drug-likeness (QED) is 0.676. The van der Waals surface area contributed by atoms with Gasteiger partial charge in [-0.1, -0.05) is 0 Å². The van der Waals surface area contributed by atoms with Gasteiger partial charge in [0.2, 0.25) is 5.91 Å². The largest absolute Gasteiger partial charge is 0.310 e. The molecule has 0 spiro atoms. The highest BCUT2D eigenvalue weighted by atomic mass is 16.1. The van der Waals surface area contributed by atoms with E-state index >= 15 is 0 Å². The monoisotopic (exact) mass is 293 g/mol. The summed E-state index contributed by atoms with van der Waals surface area (Å²) < 4.78 is 1.51. The lowest BCUT2D eigenvalue weighted by Crippen LogP contribution is -2.15. The Labute approximate surface area is 128 Å². The Hall–Kier alpha value is -3.12. The number of nitrogens with one attached hydrogen (secondary N) is 1. The maximum atomic E-state index is 12.0. The summed E-state index contributed by atoms with van der Waals surface area (Å²) in [5.74, 6) is 2.82. The molecule has 0 radical (unpaired) electrons. The predicted octanol–water partition coefficient (Wildman–Crippen LogP) is 2.19. The third kappa shape index (κ3) is 3.31. The average molecular weight is 293 g/mol. The summed E-state index contributed by atoms with van der Waals surface area (Å²) in [6.07, 6.45) is 9.92. The molecule has 2 rings (SSSR count). The summed E-state index contributed by atoms with van der Waals surface area (Å²) in [5, 5.41) is 16.2. The van der Waals surface area contributed by atoms with Crippen LogP contribution in [0.15, 0.2) is 24.5 Å². The summed E-state index contributed by atoms with van der Waals surface area (Å²) in [5.41, 5.74) is 1.56. The lowest BCUT2D eigenvalue weighted by atomic mass is 10.2. The number of pyridine rings is 1. The number of hydrogen-bond acceptors (Lipinski definition) is 4. The third-order valence-corrected chi connectivity index (χ3v) is 3.10. The van der Waals surface area contributed by atoms with Crippen molar-refractivity contribution >= 4 is 11.7 Å². The molecule has 2 heterocycles. The van der Waals surface area contributed by atoms with Gasteiger partial charge in [0.1, 0.15) is 11.9 Å². The molecule has 1 amide bonds. The smallest absolute Gasteiger partial charge is 0.225 e. The molecule has 1 N–H and O–H groups in total. The fraction of sp³-hybridized carbons (Fsp3) is 0.250. The molecule has 0 saturated heterocycles. The normalized spacial score (nSPS) is 9.77. The first-order chi connectivity index (χ1) is 10.7. The molecular formula is C16H15N5O. The Balaban J connectivity index is 2.30. The van der Waals surface area contributed by atoms with Crippen molar-refractivity contribution < 1.29 is 4.79 Å². The van der Waals surface area contributed by atoms with Crippen molar-refractivity contribution in [2.24, 2.45) is 0 Å². The van der Waals surface area contributed by atoms with Gasteiger partial charge in [0.25, 0.3) is 0 Å². The average Bonchev–Trinajstić information content (AvgIpc) is 2.85. The van der Waals surface area contributed by atoms with E-state index in [1.807, 2.05) is 6.07 Å². The zero-order chi connectivity index (χ0) is 15.9. The van der Waals surface area contributed by atoms with Gasteiger partial charge in [-0.2, -0.15) is 10.4 Å². The van der Waals surface area contributed by atoms with Crippen LogP contribution in [0.3, 0.4) is 0 Å². The first-order valence-electron chi connectivity index (χ1n) is 6.80. The lowest BCUT2D eigenvalue weighted by molar-refractivity contribution is -0.116. The molecule has 0 bridgehead atoms. The minimum atomic E-state index is -0.159. The summed E-state index contributed by atoms with van der Waals surface area (Å²) in [7, 11) is 0. The van der Waals surface area contributed by atoms with Crippen molar-refractivity contribution in [3.63, 3.8) is 0 Å². The van der Waals surface area contributed by atoms with Gasteiger partial charge < -0.3 is 5.32 Å². The van der Waals surface area contributed by atoms with Gasteiger partial charge in [0, 0.05) is 24.6 Å². The topological polar surface area (TPSA) is 83.6 Å². The highest BCUT2D eigenvalue weighted by Crippen LogP contribution is 2.22. The first kappa shape index (κ1) is 15.3. The molecule has 0 aliphatic rings. The van der Waals surface area contributed by atoms with Crippen molar-refractivity contribution in [3.05, 3.63) is 35.8 Å². The molecule has 0 saturated carbocycles. The number of carbonyl (C=O) groups excluding carboxylic acids is 1. The number of hydrogen-bond donors (Lipinski definition) is 1. The van der Waals surface area contributed by atoms with Gasteiger partial charge in [-0.15, -0.1) is 12.3 Å². The number of anilines is 1. The molecule has 22 heavy (non-hydrogen) atoms. The van der Waals surface area contributed by atoms with Crippen LogP contribution in [0, 0.1) is 30.6 Å². The molecule has 2 aromatic heterocycles. The zero-order valence-electron chi connectivity index (χ0n) is 12.2. The molecule has 6 heteroatoms. The standard InChI is InChI=1S/C16H15N5O/c1-3-4-5-8-15(22)19-16-12(2)14(10-17)20-21(16)13-7-6-9-18-11-13/h1,6-7,9,11H,4-5,8H2,2H3,(H,19,22). The predicted molar refractivity (Wildman–Crippen MR) is 82.1 cm³/mol. The summed E-state index contributed by atoms with van der Waals surface area (Å²) >= 11 is 0. The van der Waals surface area contributed by atoms with E-state index in [1.54, 1.807) is 31.5 Å². The van der Waals surface area contributed by atoms with Gasteiger partial charge in [0.15, 0.2) is 5.69 Å². The van der Waals surface area contributed by atoms with Gasteiger partial charge in [-0.25, -0.2) is 4.68 Å². The lowest BCUT2D eigenvalue weighted by Gasteiger charge is -2.09. The number of nitriles is 1. The molecule has 0 aromatic carbocycles. The van der Waals surface area contributed by atoms with Crippen molar-refractivity contribution in [2.75, 3.05) is 5.32 Å². The Morgan fingerprint density at radius 1 is 1.55 bits per heavy atom. The molecule has 0 aliphatic heterocycles. The van der Waals surface area contributed by atoms with Crippen molar-refractivity contribution in [1.82, 2.24) is 14.8 Å². The first-order valence-corrected chi connectivity index (χ1v) is 6.80. The van der Waals surface area contributed by atoms with Crippen molar-refractivity contribution in [2.45, 2.75) is 26.2 Å². The van der Waals surface area contributed by atoms with Crippen LogP contribution < -0.4 is 5.32 Å². The van der Waals surface area contributed by atoms with E-state index in [0.717, 1.165) is 0 Å². The number of terminal acetylenes is 1. The second-order valence-corrected chi connectivity index (χ2v) is 4.66. The van der Waals surface area contributed by atoms with E-state index in [-0.39, 0.29) is 11.6 Å². The Kier molecular flexibility index (Phi) is 4.89. The van der Waals surface area contributed by atoms with E-state index in [0.29, 0.717) is 36.3 Å². The number of nitrogens with zero attached hydrogens (tertiary/aromatic N) is 4. The Morgan fingerprint density at radius 2 is 2.36 bits per heavy atom. The van der Waals surface area contributed by atoms with E-state index in [1.165, 1.54) is 4.68 Å². The molecule has 0 aliphatic carbocycles. The zero-order valence-corrected chi connectivity index (χ0v) is 12.2. The minimum absolute atomic E-state index is 0.159. The molecule has 110 valence electrons. The van der Waals surface area contributed by atoms with Gasteiger partial charge in [0.05, 0.1) is 11.9 Å². The van der Waals surface area contributed by atoms with Crippen LogP contribution in [0.2, 0.25) is 0 Å². The number of unbranched alkanes of at least 4 members (excludes halogenated alkanes) is 1.